The summed E-state index contributed by atoms with van der Waals surface area (Å²) >= 11 is 0. The van der Waals surface area contributed by atoms with Crippen molar-refractivity contribution in [2.75, 3.05) is 26.1 Å². The molecule has 3 aromatic carbocycles. The molecule has 292 valence electrons. The number of hydrogen-bond donors (Lipinski definition) is 3. The van der Waals surface area contributed by atoms with Gasteiger partial charge in [-0.25, -0.2) is 4.98 Å². The Bertz CT molecular complexity index is 2100. The van der Waals surface area contributed by atoms with Gasteiger partial charge in [0, 0.05) is 11.8 Å². The number of aliphatic hydroxyl groups excluding tert-OH is 1. The van der Waals surface area contributed by atoms with Crippen molar-refractivity contribution >= 4 is 31.3 Å². The average molecular weight is 768 g/mol. The Kier molecular flexibility index (Phi) is 11.4. The van der Waals surface area contributed by atoms with E-state index in [-0.39, 0.29) is 34.9 Å². The van der Waals surface area contributed by atoms with Gasteiger partial charge in [0.05, 0.1) is 45.4 Å². The predicted molar refractivity (Wildman–Crippen MR) is 215 cm³/mol. The van der Waals surface area contributed by atoms with E-state index >= 15 is 0 Å². The fourth-order valence-electron chi connectivity index (χ4n) is 6.98. The van der Waals surface area contributed by atoms with Gasteiger partial charge in [0.1, 0.15) is 17.1 Å². The average Bonchev–Trinajstić information content (AvgIpc) is 3.72. The van der Waals surface area contributed by atoms with Crippen LogP contribution in [-0.4, -0.2) is 71.9 Å². The maximum Gasteiger partial charge on any atom is 0.280 e. The molecule has 1 saturated carbocycles. The number of hydrogen-bond acceptors (Lipinski definition) is 9. The van der Waals surface area contributed by atoms with Crippen molar-refractivity contribution in [3.05, 3.63) is 112 Å². The number of aromatic amines is 1. The van der Waals surface area contributed by atoms with Gasteiger partial charge in [0.2, 0.25) is 11.9 Å². The molecule has 0 saturated heterocycles. The molecule has 1 fully saturated rings. The standard InChI is InChI=1S/C42H53N5O7Si/c1-26(2)38(49)45-40-44-37-34(39(50)46-40)43-25-47(37)33-23-27(35(48)36(33)54-55(8,9)41(3,4)5)24-53-42(28-13-11-10-12-14-28,29-15-19-31(51-6)20-16-29)30-17-21-32(52-7)22-18-30/h10-22,25-27,33,35-36,48H,23-24H2,1-9H3,(H2,44,45,46,49,50)/t27-,33-,35-,36+/m1/s1. The van der Waals surface area contributed by atoms with E-state index in [1.165, 1.54) is 0 Å². The highest BCUT2D eigenvalue weighted by Crippen LogP contribution is 2.47. The third-order valence-corrected chi connectivity index (χ3v) is 15.7. The lowest BCUT2D eigenvalue weighted by Gasteiger charge is -2.41. The molecule has 0 radical (unpaired) electrons. The first kappa shape index (κ1) is 39.9. The Morgan fingerprint density at radius 2 is 1.51 bits per heavy atom. The van der Waals surface area contributed by atoms with Crippen LogP contribution in [0.15, 0.2) is 90.0 Å². The second kappa shape index (κ2) is 15.7. The highest BCUT2D eigenvalue weighted by atomic mass is 28.4. The zero-order valence-corrected chi connectivity index (χ0v) is 34.1. The Balaban J connectivity index is 1.44. The number of anilines is 1. The molecule has 0 bridgehead atoms. The van der Waals surface area contributed by atoms with Crippen LogP contribution in [0.3, 0.4) is 0 Å². The molecule has 0 spiro atoms. The fourth-order valence-corrected chi connectivity index (χ4v) is 8.31. The Hall–Kier alpha value is -4.82. The number of amides is 1. The number of ether oxygens (including phenoxy) is 3. The van der Waals surface area contributed by atoms with Gasteiger partial charge < -0.3 is 28.3 Å². The summed E-state index contributed by atoms with van der Waals surface area (Å²) in [6.07, 6.45) is 0.394. The van der Waals surface area contributed by atoms with Crippen molar-refractivity contribution in [1.29, 1.82) is 0 Å². The summed E-state index contributed by atoms with van der Waals surface area (Å²) in [5.41, 5.74) is 1.52. The van der Waals surface area contributed by atoms with Crippen LogP contribution in [0.1, 0.15) is 63.8 Å². The molecule has 1 aliphatic carbocycles. The van der Waals surface area contributed by atoms with Crippen LogP contribution in [0.5, 0.6) is 11.5 Å². The number of aromatic nitrogens is 4. The second-order valence-electron chi connectivity index (χ2n) is 16.1. The van der Waals surface area contributed by atoms with Gasteiger partial charge in [0.25, 0.3) is 5.56 Å². The number of fused-ring (bicyclic) bond motifs is 1. The lowest BCUT2D eigenvalue weighted by atomic mass is 9.79. The van der Waals surface area contributed by atoms with Crippen LogP contribution in [0, 0.1) is 11.8 Å². The maximum absolute atomic E-state index is 13.2. The van der Waals surface area contributed by atoms with E-state index in [1.54, 1.807) is 34.4 Å². The highest BCUT2D eigenvalue weighted by molar-refractivity contribution is 6.74. The van der Waals surface area contributed by atoms with Gasteiger partial charge in [-0.15, -0.1) is 0 Å². The maximum atomic E-state index is 13.2. The van der Waals surface area contributed by atoms with E-state index in [2.05, 4.69) is 54.1 Å². The Morgan fingerprint density at radius 3 is 2.04 bits per heavy atom. The van der Waals surface area contributed by atoms with Crippen LogP contribution >= 0.6 is 0 Å². The van der Waals surface area contributed by atoms with Crippen LogP contribution in [0.25, 0.3) is 11.2 Å². The second-order valence-corrected chi connectivity index (χ2v) is 20.9. The van der Waals surface area contributed by atoms with Crippen LogP contribution < -0.4 is 20.3 Å². The number of nitrogens with zero attached hydrogens (tertiary/aromatic N) is 3. The number of carbonyl (C=O) groups is 1. The minimum Gasteiger partial charge on any atom is -0.497 e. The fraction of sp³-hybridized carbons (Fsp3) is 0.429. The van der Waals surface area contributed by atoms with E-state index in [0.29, 0.717) is 23.6 Å². The number of benzene rings is 3. The third-order valence-electron chi connectivity index (χ3n) is 11.2. The van der Waals surface area contributed by atoms with Crippen LogP contribution in [0.2, 0.25) is 18.1 Å². The van der Waals surface area contributed by atoms with Gasteiger partial charge in [-0.3, -0.25) is 19.9 Å². The van der Waals surface area contributed by atoms with E-state index in [9.17, 15) is 14.7 Å². The van der Waals surface area contributed by atoms with Crippen molar-refractivity contribution < 1.29 is 28.5 Å². The topological polar surface area (TPSA) is 150 Å². The van der Waals surface area contributed by atoms with E-state index < -0.39 is 43.6 Å². The predicted octanol–water partition coefficient (Wildman–Crippen LogP) is 7.05. The van der Waals surface area contributed by atoms with E-state index in [1.807, 2.05) is 83.4 Å². The van der Waals surface area contributed by atoms with E-state index in [0.717, 1.165) is 16.7 Å². The zero-order valence-electron chi connectivity index (χ0n) is 33.1. The summed E-state index contributed by atoms with van der Waals surface area (Å²) in [5.74, 6) is 0.456. The van der Waals surface area contributed by atoms with Crippen molar-refractivity contribution in [2.24, 2.45) is 11.8 Å². The first-order valence-electron chi connectivity index (χ1n) is 18.7. The van der Waals surface area contributed by atoms with Crippen molar-refractivity contribution in [2.45, 2.75) is 83.0 Å². The quantitative estimate of drug-likeness (QED) is 0.0846. The molecule has 6 rings (SSSR count). The van der Waals surface area contributed by atoms with Crippen molar-refractivity contribution in [3.8, 4) is 11.5 Å². The third kappa shape index (κ3) is 7.84. The molecule has 1 amide bonds. The van der Waals surface area contributed by atoms with Crippen molar-refractivity contribution in [3.63, 3.8) is 0 Å². The first-order chi connectivity index (χ1) is 26.1. The van der Waals surface area contributed by atoms with Gasteiger partial charge in [-0.05, 0) is 65.5 Å². The minimum atomic E-state index is -2.46. The summed E-state index contributed by atoms with van der Waals surface area (Å²) in [5, 5.41) is 14.9. The monoisotopic (exact) mass is 767 g/mol. The zero-order chi connectivity index (χ0) is 39.7. The molecule has 5 aromatic rings. The minimum absolute atomic E-state index is 0.0323. The summed E-state index contributed by atoms with van der Waals surface area (Å²) in [6, 6.07) is 25.3. The molecule has 13 heteroatoms. The van der Waals surface area contributed by atoms with Gasteiger partial charge in [-0.2, -0.15) is 4.98 Å². The molecule has 0 aliphatic heterocycles. The summed E-state index contributed by atoms with van der Waals surface area (Å²) < 4.78 is 27.2. The molecule has 12 nitrogen and oxygen atoms in total. The number of methoxy groups -OCH3 is 2. The molecular weight excluding hydrogens is 715 g/mol. The number of rotatable bonds is 13. The normalized spacial score (nSPS) is 19.2. The molecule has 2 aromatic heterocycles. The summed E-state index contributed by atoms with van der Waals surface area (Å²) in [7, 11) is 0.814. The molecule has 2 heterocycles. The first-order valence-corrected chi connectivity index (χ1v) is 21.6. The van der Waals surface area contributed by atoms with Gasteiger partial charge in [-0.1, -0.05) is 89.2 Å². The lowest BCUT2D eigenvalue weighted by Crippen LogP contribution is -2.48. The molecule has 55 heavy (non-hydrogen) atoms. The lowest BCUT2D eigenvalue weighted by molar-refractivity contribution is -0.118. The SMILES string of the molecule is COc1ccc(C(OC[C@H]2C[C@@H](n3cnc4c(=O)[nH]c(NC(=O)C(C)C)nc43)[C@H](O[Si](C)(C)C(C)(C)C)[C@@H]2O)(c2ccccc2)c2ccc(OC)cc2)cc1. The van der Waals surface area contributed by atoms with Crippen LogP contribution in [0.4, 0.5) is 5.95 Å². The Labute approximate surface area is 323 Å². The Morgan fingerprint density at radius 1 is 0.945 bits per heavy atom. The molecule has 0 unspecified atom stereocenters. The largest absolute Gasteiger partial charge is 0.497 e. The van der Waals surface area contributed by atoms with Gasteiger partial charge >= 0.3 is 0 Å². The number of imidazole rings is 1. The molecule has 4 atom stereocenters. The molecule has 3 N–H and O–H groups in total. The van der Waals surface area contributed by atoms with Crippen LogP contribution in [-0.2, 0) is 19.6 Å². The number of nitrogens with one attached hydrogen (secondary N) is 2. The molecule has 1 aliphatic rings. The van der Waals surface area contributed by atoms with Gasteiger partial charge in [0.15, 0.2) is 19.5 Å². The summed E-state index contributed by atoms with van der Waals surface area (Å²) in [4.78, 5) is 37.5. The molecular formula is C42H53N5O7Si. The number of aliphatic hydroxyl groups is 1. The van der Waals surface area contributed by atoms with Crippen molar-refractivity contribution in [1.82, 2.24) is 19.5 Å². The summed E-state index contributed by atoms with van der Waals surface area (Å²) in [6.45, 7) is 14.5. The highest BCUT2D eigenvalue weighted by Gasteiger charge is 2.51. The number of carbonyl (C=O) groups excluding carboxylic acids is 1. The van der Waals surface area contributed by atoms with E-state index in [4.69, 9.17) is 18.6 Å². The number of H-pyrrole nitrogens is 1. The smallest absolute Gasteiger partial charge is 0.280 e.